The SMILES string of the molecule is Cc1[nH]ncc1CNC(=O)CCCCN. The van der Waals surface area contributed by atoms with Crippen LogP contribution < -0.4 is 11.1 Å². The second-order valence-corrected chi connectivity index (χ2v) is 3.54. The average Bonchev–Trinajstić information content (AvgIpc) is 2.61. The first-order chi connectivity index (χ1) is 7.24. The predicted molar refractivity (Wildman–Crippen MR) is 58.1 cm³/mol. The highest BCUT2D eigenvalue weighted by Crippen LogP contribution is 2.02. The second-order valence-electron chi connectivity index (χ2n) is 3.54. The van der Waals surface area contributed by atoms with Gasteiger partial charge in [0.1, 0.15) is 0 Å². The fourth-order valence-electron chi connectivity index (χ4n) is 1.27. The summed E-state index contributed by atoms with van der Waals surface area (Å²) in [5.41, 5.74) is 7.37. The first-order valence-electron chi connectivity index (χ1n) is 5.19. The Kier molecular flexibility index (Phi) is 4.83. The van der Waals surface area contributed by atoms with Crippen molar-refractivity contribution in [1.29, 1.82) is 0 Å². The molecule has 0 saturated heterocycles. The van der Waals surface area contributed by atoms with E-state index in [0.717, 1.165) is 24.1 Å². The third-order valence-corrected chi connectivity index (χ3v) is 2.27. The maximum Gasteiger partial charge on any atom is 0.220 e. The Balaban J connectivity index is 2.20. The molecule has 84 valence electrons. The van der Waals surface area contributed by atoms with Crippen LogP contribution in [0.2, 0.25) is 0 Å². The molecule has 0 spiro atoms. The molecule has 4 N–H and O–H groups in total. The van der Waals surface area contributed by atoms with Gasteiger partial charge in [0, 0.05) is 24.2 Å². The molecule has 5 heteroatoms. The molecule has 0 bridgehead atoms. The van der Waals surface area contributed by atoms with Crippen molar-refractivity contribution in [3.8, 4) is 0 Å². The summed E-state index contributed by atoms with van der Waals surface area (Å²) in [5.74, 6) is 0.0732. The van der Waals surface area contributed by atoms with Gasteiger partial charge in [-0.1, -0.05) is 0 Å². The van der Waals surface area contributed by atoms with Gasteiger partial charge in [-0.05, 0) is 26.3 Å². The predicted octanol–water partition coefficient (Wildman–Crippen LogP) is 0.463. The van der Waals surface area contributed by atoms with Crippen molar-refractivity contribution in [1.82, 2.24) is 15.5 Å². The van der Waals surface area contributed by atoms with E-state index < -0.39 is 0 Å². The summed E-state index contributed by atoms with van der Waals surface area (Å²) in [6, 6.07) is 0. The number of nitrogens with zero attached hydrogens (tertiary/aromatic N) is 1. The van der Waals surface area contributed by atoms with Gasteiger partial charge in [-0.15, -0.1) is 0 Å². The van der Waals surface area contributed by atoms with Crippen molar-refractivity contribution < 1.29 is 4.79 Å². The lowest BCUT2D eigenvalue weighted by atomic mass is 10.2. The number of hydrogen-bond acceptors (Lipinski definition) is 3. The molecule has 0 atom stereocenters. The fraction of sp³-hybridized carbons (Fsp3) is 0.600. The Bertz CT molecular complexity index is 308. The molecule has 1 amide bonds. The molecule has 1 rings (SSSR count). The van der Waals surface area contributed by atoms with E-state index in [9.17, 15) is 4.79 Å². The maximum absolute atomic E-state index is 11.3. The Hall–Kier alpha value is -1.36. The van der Waals surface area contributed by atoms with Crippen LogP contribution in [0.5, 0.6) is 0 Å². The molecule has 0 aliphatic carbocycles. The number of carbonyl (C=O) groups is 1. The van der Waals surface area contributed by atoms with Crippen molar-refractivity contribution in [2.75, 3.05) is 6.54 Å². The average molecular weight is 210 g/mol. The minimum Gasteiger partial charge on any atom is -0.352 e. The van der Waals surface area contributed by atoms with Crippen molar-refractivity contribution in [3.05, 3.63) is 17.5 Å². The summed E-state index contributed by atoms with van der Waals surface area (Å²) in [7, 11) is 0. The minimum absolute atomic E-state index is 0.0732. The number of hydrogen-bond donors (Lipinski definition) is 3. The van der Waals surface area contributed by atoms with Crippen LogP contribution in [-0.4, -0.2) is 22.6 Å². The molecule has 0 aromatic carbocycles. The van der Waals surface area contributed by atoms with Crippen LogP contribution >= 0.6 is 0 Å². The van der Waals surface area contributed by atoms with Gasteiger partial charge >= 0.3 is 0 Å². The fourth-order valence-corrected chi connectivity index (χ4v) is 1.27. The van der Waals surface area contributed by atoms with Gasteiger partial charge in [0.25, 0.3) is 0 Å². The number of rotatable bonds is 6. The lowest BCUT2D eigenvalue weighted by molar-refractivity contribution is -0.121. The second kappa shape index (κ2) is 6.19. The summed E-state index contributed by atoms with van der Waals surface area (Å²) < 4.78 is 0. The highest BCUT2D eigenvalue weighted by Gasteiger charge is 2.03. The molecule has 5 nitrogen and oxygen atoms in total. The van der Waals surface area contributed by atoms with Crippen LogP contribution in [0.4, 0.5) is 0 Å². The molecule has 0 fully saturated rings. The lowest BCUT2D eigenvalue weighted by Crippen LogP contribution is -2.22. The molecule has 0 radical (unpaired) electrons. The molecule has 0 saturated carbocycles. The van der Waals surface area contributed by atoms with Gasteiger partial charge in [0.05, 0.1) is 6.20 Å². The van der Waals surface area contributed by atoms with Gasteiger partial charge in [0.2, 0.25) is 5.91 Å². The summed E-state index contributed by atoms with van der Waals surface area (Å²) in [4.78, 5) is 11.3. The molecule has 1 aromatic heterocycles. The number of nitrogens with two attached hydrogens (primary N) is 1. The summed E-state index contributed by atoms with van der Waals surface area (Å²) in [6.07, 6.45) is 4.04. The van der Waals surface area contributed by atoms with Crippen LogP contribution in [0.25, 0.3) is 0 Å². The number of aryl methyl sites for hydroxylation is 1. The molecule has 15 heavy (non-hydrogen) atoms. The van der Waals surface area contributed by atoms with Crippen LogP contribution in [0.15, 0.2) is 6.20 Å². The zero-order valence-electron chi connectivity index (χ0n) is 9.05. The number of aromatic nitrogens is 2. The maximum atomic E-state index is 11.3. The first kappa shape index (κ1) is 11.7. The molecule has 1 heterocycles. The van der Waals surface area contributed by atoms with Crippen LogP contribution in [0.3, 0.4) is 0 Å². The van der Waals surface area contributed by atoms with E-state index in [4.69, 9.17) is 5.73 Å². The smallest absolute Gasteiger partial charge is 0.220 e. The van der Waals surface area contributed by atoms with Crippen LogP contribution in [-0.2, 0) is 11.3 Å². The highest BCUT2D eigenvalue weighted by atomic mass is 16.1. The number of carbonyl (C=O) groups excluding carboxylic acids is 1. The summed E-state index contributed by atoms with van der Waals surface area (Å²) in [5, 5.41) is 9.55. The monoisotopic (exact) mass is 210 g/mol. The van der Waals surface area contributed by atoms with Crippen molar-refractivity contribution in [2.24, 2.45) is 5.73 Å². The molecular formula is C10H18N4O. The van der Waals surface area contributed by atoms with Gasteiger partial charge in [-0.3, -0.25) is 9.89 Å². The van der Waals surface area contributed by atoms with E-state index in [1.54, 1.807) is 6.20 Å². The van der Waals surface area contributed by atoms with Crippen molar-refractivity contribution in [2.45, 2.75) is 32.7 Å². The van der Waals surface area contributed by atoms with Gasteiger partial charge in [-0.25, -0.2) is 0 Å². The van der Waals surface area contributed by atoms with Crippen LogP contribution in [0.1, 0.15) is 30.5 Å². The largest absolute Gasteiger partial charge is 0.352 e. The van der Waals surface area contributed by atoms with E-state index in [-0.39, 0.29) is 5.91 Å². The van der Waals surface area contributed by atoms with E-state index in [0.29, 0.717) is 19.5 Å². The van der Waals surface area contributed by atoms with Crippen LogP contribution in [0, 0.1) is 6.92 Å². The minimum atomic E-state index is 0.0732. The van der Waals surface area contributed by atoms with Gasteiger partial charge in [0.15, 0.2) is 0 Å². The van der Waals surface area contributed by atoms with Gasteiger partial charge in [-0.2, -0.15) is 5.10 Å². The molecule has 0 aliphatic heterocycles. The van der Waals surface area contributed by atoms with Gasteiger partial charge < -0.3 is 11.1 Å². The number of nitrogens with one attached hydrogen (secondary N) is 2. The highest BCUT2D eigenvalue weighted by molar-refractivity contribution is 5.75. The normalized spacial score (nSPS) is 10.3. The van der Waals surface area contributed by atoms with E-state index in [1.807, 2.05) is 6.92 Å². The molecule has 0 aliphatic rings. The topological polar surface area (TPSA) is 83.8 Å². The Morgan fingerprint density at radius 1 is 1.60 bits per heavy atom. The molecule has 1 aromatic rings. The van der Waals surface area contributed by atoms with Crippen molar-refractivity contribution >= 4 is 5.91 Å². The Labute approximate surface area is 89.4 Å². The zero-order valence-corrected chi connectivity index (χ0v) is 9.05. The standard InChI is InChI=1S/C10H18N4O/c1-8-9(7-13-14-8)6-12-10(15)4-2-3-5-11/h7H,2-6,11H2,1H3,(H,12,15)(H,13,14). The van der Waals surface area contributed by atoms with E-state index in [1.165, 1.54) is 0 Å². The number of unbranched alkanes of at least 4 members (excludes halogenated alkanes) is 1. The van der Waals surface area contributed by atoms with E-state index in [2.05, 4.69) is 15.5 Å². The van der Waals surface area contributed by atoms with Crippen molar-refractivity contribution in [3.63, 3.8) is 0 Å². The number of amides is 1. The lowest BCUT2D eigenvalue weighted by Gasteiger charge is -2.03. The number of H-pyrrole nitrogens is 1. The summed E-state index contributed by atoms with van der Waals surface area (Å²) >= 11 is 0. The zero-order chi connectivity index (χ0) is 11.1. The summed E-state index contributed by atoms with van der Waals surface area (Å²) in [6.45, 7) is 3.13. The Morgan fingerprint density at radius 2 is 2.40 bits per heavy atom. The Morgan fingerprint density at radius 3 is 3.00 bits per heavy atom. The number of aromatic amines is 1. The van der Waals surface area contributed by atoms with E-state index >= 15 is 0 Å². The quantitative estimate of drug-likeness (QED) is 0.596. The third kappa shape index (κ3) is 4.12. The third-order valence-electron chi connectivity index (χ3n) is 2.27. The molecule has 0 unspecified atom stereocenters. The molecular weight excluding hydrogens is 192 g/mol. The first-order valence-corrected chi connectivity index (χ1v) is 5.19.